The lowest BCUT2D eigenvalue weighted by Gasteiger charge is -2.30. The highest BCUT2D eigenvalue weighted by atomic mass is 19.1. The molecule has 0 saturated carbocycles. The van der Waals surface area contributed by atoms with Crippen LogP contribution in [-0.4, -0.2) is 19.0 Å². The summed E-state index contributed by atoms with van der Waals surface area (Å²) in [5.74, 6) is -1.98. The molecular weight excluding hydrogens is 388 g/mol. The second-order valence-corrected chi connectivity index (χ2v) is 7.16. The van der Waals surface area contributed by atoms with Crippen LogP contribution in [0.2, 0.25) is 0 Å². The number of hydrogen-bond donors (Lipinski definition) is 1. The van der Waals surface area contributed by atoms with Gasteiger partial charge in [0, 0.05) is 11.8 Å². The van der Waals surface area contributed by atoms with Crippen LogP contribution in [0.3, 0.4) is 0 Å². The van der Waals surface area contributed by atoms with Crippen LogP contribution in [0.15, 0.2) is 72.6 Å². The van der Waals surface area contributed by atoms with Gasteiger partial charge in [0.1, 0.15) is 17.1 Å². The topological polar surface area (TPSA) is 55.4 Å². The van der Waals surface area contributed by atoms with Gasteiger partial charge in [-0.3, -0.25) is 4.79 Å². The van der Waals surface area contributed by atoms with Crippen molar-refractivity contribution in [3.05, 3.63) is 89.5 Å². The van der Waals surface area contributed by atoms with Gasteiger partial charge in [0.05, 0.1) is 7.11 Å². The Morgan fingerprint density at radius 2 is 1.87 bits per heavy atom. The lowest BCUT2D eigenvalue weighted by Crippen LogP contribution is -2.35. The fraction of sp³-hybridized carbons (Fsp3) is 0.167. The first-order valence-electron chi connectivity index (χ1n) is 9.32. The molecule has 2 aromatic rings. The Balaban J connectivity index is 1.79. The molecule has 6 heteroatoms. The molecule has 1 aliphatic rings. The molecule has 2 aromatic carbocycles. The molecular formula is C24H21F2NO3. The fourth-order valence-electron chi connectivity index (χ4n) is 3.18. The van der Waals surface area contributed by atoms with E-state index in [1.165, 1.54) is 38.3 Å². The third-order valence-electron chi connectivity index (χ3n) is 4.96. The third-order valence-corrected chi connectivity index (χ3v) is 4.96. The van der Waals surface area contributed by atoms with Crippen LogP contribution >= 0.6 is 0 Å². The number of rotatable bonds is 5. The molecule has 1 atom stereocenters. The molecule has 3 rings (SSSR count). The van der Waals surface area contributed by atoms with E-state index in [9.17, 15) is 18.4 Å². The van der Waals surface area contributed by atoms with E-state index >= 15 is 0 Å². The molecule has 0 spiro atoms. The van der Waals surface area contributed by atoms with Gasteiger partial charge in [-0.15, -0.1) is 0 Å². The lowest BCUT2D eigenvalue weighted by molar-refractivity contribution is -0.134. The fourth-order valence-corrected chi connectivity index (χ4v) is 3.18. The number of carbonyl (C=O) groups is 2. The van der Waals surface area contributed by atoms with Gasteiger partial charge < -0.3 is 10.1 Å². The Hall–Kier alpha value is -3.54. The molecule has 30 heavy (non-hydrogen) atoms. The van der Waals surface area contributed by atoms with Crippen LogP contribution in [0.4, 0.5) is 14.5 Å². The highest BCUT2D eigenvalue weighted by Gasteiger charge is 2.40. The maximum absolute atomic E-state index is 14.7. The molecule has 0 fully saturated rings. The zero-order chi connectivity index (χ0) is 21.7. The van der Waals surface area contributed by atoms with Gasteiger partial charge in [-0.1, -0.05) is 30.3 Å². The first kappa shape index (κ1) is 21.2. The largest absolute Gasteiger partial charge is 0.466 e. The molecule has 0 saturated heterocycles. The molecule has 1 aliphatic carbocycles. The first-order chi connectivity index (χ1) is 14.3. The third kappa shape index (κ3) is 4.71. The minimum atomic E-state index is -1.44. The Morgan fingerprint density at radius 3 is 2.60 bits per heavy atom. The van der Waals surface area contributed by atoms with Crippen molar-refractivity contribution in [3.8, 4) is 0 Å². The summed E-state index contributed by atoms with van der Waals surface area (Å²) in [6.07, 6.45) is 5.72. The smallest absolute Gasteiger partial charge is 0.330 e. The highest BCUT2D eigenvalue weighted by molar-refractivity contribution is 5.99. The predicted molar refractivity (Wildman–Crippen MR) is 112 cm³/mol. The quantitative estimate of drug-likeness (QED) is 0.539. The number of hydrogen-bond acceptors (Lipinski definition) is 3. The minimum Gasteiger partial charge on any atom is -0.466 e. The second kappa shape index (κ2) is 8.86. The van der Waals surface area contributed by atoms with Crippen LogP contribution in [0, 0.1) is 11.2 Å². The number of halogens is 2. The number of methoxy groups -OCH3 is 1. The molecule has 0 heterocycles. The Kier molecular flexibility index (Phi) is 6.26. The number of ether oxygens (including phenoxy) is 1. The van der Waals surface area contributed by atoms with Crippen molar-refractivity contribution in [1.82, 2.24) is 0 Å². The summed E-state index contributed by atoms with van der Waals surface area (Å²) in [5, 5.41) is 2.74. The second-order valence-electron chi connectivity index (χ2n) is 7.16. The number of anilines is 1. The van der Waals surface area contributed by atoms with Crippen molar-refractivity contribution in [3.63, 3.8) is 0 Å². The van der Waals surface area contributed by atoms with Gasteiger partial charge in [-0.05, 0) is 66.5 Å². The predicted octanol–water partition coefficient (Wildman–Crippen LogP) is 5.30. The monoisotopic (exact) mass is 409 g/mol. The average Bonchev–Trinajstić information content (AvgIpc) is 2.74. The SMILES string of the molecule is COC(=O)/C=C/c1cccc(NC(=O)C2(C)CC(c3cccc(F)c3)=CC=C2F)c1. The van der Waals surface area contributed by atoms with E-state index in [1.54, 1.807) is 48.6 Å². The van der Waals surface area contributed by atoms with Gasteiger partial charge >= 0.3 is 5.97 Å². The maximum atomic E-state index is 14.7. The number of allylic oxidation sites excluding steroid dienone is 3. The van der Waals surface area contributed by atoms with E-state index in [0.717, 1.165) is 0 Å². The van der Waals surface area contributed by atoms with Gasteiger partial charge in [-0.25, -0.2) is 13.6 Å². The lowest BCUT2D eigenvalue weighted by atomic mass is 9.76. The van der Waals surface area contributed by atoms with Crippen LogP contribution in [0.25, 0.3) is 11.6 Å². The number of nitrogens with one attached hydrogen (secondary N) is 1. The summed E-state index contributed by atoms with van der Waals surface area (Å²) < 4.78 is 32.8. The highest BCUT2D eigenvalue weighted by Crippen LogP contribution is 2.42. The van der Waals surface area contributed by atoms with E-state index in [-0.39, 0.29) is 6.42 Å². The van der Waals surface area contributed by atoms with Gasteiger partial charge in [-0.2, -0.15) is 0 Å². The molecule has 1 unspecified atom stereocenters. The zero-order valence-corrected chi connectivity index (χ0v) is 16.6. The Labute approximate surface area is 173 Å². The number of amides is 1. The standard InChI is InChI=1S/C24H21F2NO3/c1-24(15-18(10-11-21(24)26)17-6-4-7-19(25)14-17)23(29)27-20-8-3-5-16(13-20)9-12-22(28)30-2/h3-14H,15H2,1-2H3,(H,27,29)/b12-9+. The summed E-state index contributed by atoms with van der Waals surface area (Å²) in [5.41, 5.74) is 0.969. The van der Waals surface area contributed by atoms with Crippen molar-refractivity contribution in [1.29, 1.82) is 0 Å². The van der Waals surface area contributed by atoms with Crippen LogP contribution in [0.1, 0.15) is 24.5 Å². The van der Waals surface area contributed by atoms with Crippen molar-refractivity contribution >= 4 is 29.2 Å². The molecule has 154 valence electrons. The zero-order valence-electron chi connectivity index (χ0n) is 16.6. The summed E-state index contributed by atoms with van der Waals surface area (Å²) >= 11 is 0. The van der Waals surface area contributed by atoms with E-state index in [4.69, 9.17) is 0 Å². The number of esters is 1. The normalized spacial score (nSPS) is 18.5. The van der Waals surface area contributed by atoms with E-state index in [2.05, 4.69) is 10.1 Å². The van der Waals surface area contributed by atoms with Gasteiger partial charge in [0.2, 0.25) is 5.91 Å². The summed E-state index contributed by atoms with van der Waals surface area (Å²) in [6.45, 7) is 1.52. The van der Waals surface area contributed by atoms with Crippen LogP contribution < -0.4 is 5.32 Å². The summed E-state index contributed by atoms with van der Waals surface area (Å²) in [4.78, 5) is 24.2. The van der Waals surface area contributed by atoms with Crippen molar-refractivity contribution in [2.24, 2.45) is 5.41 Å². The molecule has 4 nitrogen and oxygen atoms in total. The maximum Gasteiger partial charge on any atom is 0.330 e. The van der Waals surface area contributed by atoms with Crippen molar-refractivity contribution < 1.29 is 23.1 Å². The molecule has 1 amide bonds. The van der Waals surface area contributed by atoms with E-state index < -0.39 is 28.9 Å². The molecule has 0 aromatic heterocycles. The number of benzene rings is 2. The van der Waals surface area contributed by atoms with E-state index in [0.29, 0.717) is 22.4 Å². The van der Waals surface area contributed by atoms with Crippen LogP contribution in [-0.2, 0) is 14.3 Å². The van der Waals surface area contributed by atoms with Crippen molar-refractivity contribution in [2.45, 2.75) is 13.3 Å². The van der Waals surface area contributed by atoms with Crippen LogP contribution in [0.5, 0.6) is 0 Å². The van der Waals surface area contributed by atoms with Gasteiger partial charge in [0.15, 0.2) is 0 Å². The molecule has 0 radical (unpaired) electrons. The van der Waals surface area contributed by atoms with Crippen molar-refractivity contribution in [2.75, 3.05) is 12.4 Å². The molecule has 1 N–H and O–H groups in total. The average molecular weight is 409 g/mol. The Morgan fingerprint density at radius 1 is 1.10 bits per heavy atom. The minimum absolute atomic E-state index is 0.0898. The Bertz CT molecular complexity index is 1070. The number of carbonyl (C=O) groups excluding carboxylic acids is 2. The summed E-state index contributed by atoms with van der Waals surface area (Å²) in [7, 11) is 1.28. The first-order valence-corrected chi connectivity index (χ1v) is 9.32. The molecule has 0 bridgehead atoms. The van der Waals surface area contributed by atoms with E-state index in [1.807, 2.05) is 0 Å². The summed E-state index contributed by atoms with van der Waals surface area (Å²) in [6, 6.07) is 12.8. The molecule has 0 aliphatic heterocycles. The van der Waals surface area contributed by atoms with Gasteiger partial charge in [0.25, 0.3) is 0 Å².